The second-order valence-electron chi connectivity index (χ2n) is 7.74. The van der Waals surface area contributed by atoms with Crippen molar-refractivity contribution >= 4 is 44.9 Å². The number of alkyl halides is 1. The number of halogens is 1. The molecule has 0 N–H and O–H groups in total. The number of hydrogen-bond acceptors (Lipinski definition) is 1. The molecule has 28 heavy (non-hydrogen) atoms. The first kappa shape index (κ1) is 19.7. The van der Waals surface area contributed by atoms with E-state index in [-0.39, 0.29) is 15.2 Å². The zero-order valence-electron chi connectivity index (χ0n) is 16.3. The monoisotopic (exact) mass is 421 g/mol. The van der Waals surface area contributed by atoms with Crippen LogP contribution in [-0.4, -0.2) is 34.4 Å². The summed E-state index contributed by atoms with van der Waals surface area (Å²) in [6.07, 6.45) is 2.69. The van der Waals surface area contributed by atoms with Gasteiger partial charge < -0.3 is 4.57 Å². The zero-order chi connectivity index (χ0) is 19.2. The molecule has 0 saturated carbocycles. The fourth-order valence-electron chi connectivity index (χ4n) is 4.60. The molecular formula is C24H28ClNSi2. The van der Waals surface area contributed by atoms with Gasteiger partial charge in [0, 0.05) is 0 Å². The van der Waals surface area contributed by atoms with Crippen molar-refractivity contribution in [3.63, 3.8) is 0 Å². The molecule has 144 valence electrons. The van der Waals surface area contributed by atoms with E-state index in [9.17, 15) is 0 Å². The maximum Gasteiger partial charge on any atom is 0.151 e. The number of nitrogens with zero attached hydrogens (tertiary/aromatic N) is 1. The van der Waals surface area contributed by atoms with Gasteiger partial charge >= 0.3 is 0 Å². The van der Waals surface area contributed by atoms with Crippen molar-refractivity contribution in [1.29, 1.82) is 0 Å². The molecule has 4 rings (SSSR count). The molecule has 0 amide bonds. The molecule has 1 unspecified atom stereocenters. The number of rotatable bonds is 6. The second kappa shape index (κ2) is 9.23. The quantitative estimate of drug-likeness (QED) is 0.255. The molecule has 1 saturated heterocycles. The molecule has 0 aromatic heterocycles. The van der Waals surface area contributed by atoms with Crippen molar-refractivity contribution < 1.29 is 0 Å². The Kier molecular flexibility index (Phi) is 6.48. The lowest BCUT2D eigenvalue weighted by Gasteiger charge is -2.39. The highest BCUT2D eigenvalue weighted by atomic mass is 35.5. The van der Waals surface area contributed by atoms with E-state index in [1.54, 1.807) is 0 Å². The van der Waals surface area contributed by atoms with E-state index < -0.39 is 8.07 Å². The lowest BCUT2D eigenvalue weighted by molar-refractivity contribution is 0.396. The van der Waals surface area contributed by atoms with Crippen LogP contribution in [0, 0.1) is 0 Å². The molecule has 3 aromatic carbocycles. The standard InChI is InChI=1S/C24H28ClNSi2/c25-24(26-18-10-11-19-27-26)20-28(21-12-4-1-5-13-21,22-14-6-2-7-15-22)23-16-8-3-9-17-23/h1-9,12-17,24H,10-11,18-20,27H2. The van der Waals surface area contributed by atoms with Crippen molar-refractivity contribution in [2.24, 2.45) is 0 Å². The molecule has 0 radical (unpaired) electrons. The highest BCUT2D eigenvalue weighted by molar-refractivity contribution is 7.11. The Labute approximate surface area is 177 Å². The third kappa shape index (κ3) is 4.03. The molecule has 3 aromatic rings. The minimum atomic E-state index is -2.22. The van der Waals surface area contributed by atoms with Crippen LogP contribution < -0.4 is 15.6 Å². The summed E-state index contributed by atoms with van der Waals surface area (Å²) >= 11 is 7.19. The average molecular weight is 422 g/mol. The van der Waals surface area contributed by atoms with Crippen molar-refractivity contribution in [1.82, 2.24) is 4.57 Å². The predicted octanol–water partition coefficient (Wildman–Crippen LogP) is 3.32. The summed E-state index contributed by atoms with van der Waals surface area (Å²) in [6, 6.07) is 35.8. The molecule has 0 aliphatic carbocycles. The first-order chi connectivity index (χ1) is 13.8. The van der Waals surface area contributed by atoms with Gasteiger partial charge in [-0.05, 0) is 40.6 Å². The normalized spacial score (nSPS) is 17.5. The van der Waals surface area contributed by atoms with Gasteiger partial charge in [0.25, 0.3) is 0 Å². The van der Waals surface area contributed by atoms with Gasteiger partial charge in [0.15, 0.2) is 8.07 Å². The third-order valence-corrected chi connectivity index (χ3v) is 14.1. The minimum Gasteiger partial charge on any atom is -0.315 e. The van der Waals surface area contributed by atoms with Gasteiger partial charge in [-0.3, -0.25) is 0 Å². The maximum absolute atomic E-state index is 7.19. The molecule has 0 spiro atoms. The molecule has 1 fully saturated rings. The smallest absolute Gasteiger partial charge is 0.151 e. The Balaban J connectivity index is 1.85. The van der Waals surface area contributed by atoms with Crippen LogP contribution in [0.2, 0.25) is 12.1 Å². The fraction of sp³-hybridized carbons (Fsp3) is 0.250. The molecular weight excluding hydrogens is 394 g/mol. The molecule has 1 aliphatic rings. The van der Waals surface area contributed by atoms with Gasteiger partial charge in [0.05, 0.1) is 15.2 Å². The Morgan fingerprint density at radius 1 is 0.750 bits per heavy atom. The van der Waals surface area contributed by atoms with E-state index >= 15 is 0 Å². The Morgan fingerprint density at radius 2 is 1.21 bits per heavy atom. The number of hydrogen-bond donors (Lipinski definition) is 0. The topological polar surface area (TPSA) is 3.24 Å². The molecule has 4 heteroatoms. The summed E-state index contributed by atoms with van der Waals surface area (Å²) in [5.74, 6) is 0. The largest absolute Gasteiger partial charge is 0.315 e. The van der Waals surface area contributed by atoms with E-state index in [1.165, 1.54) is 41.0 Å². The summed E-state index contributed by atoms with van der Waals surface area (Å²) in [6.45, 7) is 1.18. The van der Waals surface area contributed by atoms with E-state index in [2.05, 4.69) is 95.6 Å². The van der Waals surface area contributed by atoms with Crippen LogP contribution in [0.3, 0.4) is 0 Å². The summed E-state index contributed by atoms with van der Waals surface area (Å²) < 4.78 is 2.64. The summed E-state index contributed by atoms with van der Waals surface area (Å²) in [5, 5.41) is 4.37. The number of benzene rings is 3. The Bertz CT molecular complexity index is 755. The first-order valence-electron chi connectivity index (χ1n) is 10.4. The summed E-state index contributed by atoms with van der Waals surface area (Å²) in [7, 11) is -2.43. The second-order valence-corrected chi connectivity index (χ2v) is 14.2. The van der Waals surface area contributed by atoms with Gasteiger partial charge in [-0.25, -0.2) is 0 Å². The van der Waals surface area contributed by atoms with Crippen LogP contribution in [0.25, 0.3) is 0 Å². The van der Waals surface area contributed by atoms with Gasteiger partial charge in [0.1, 0.15) is 0 Å². The van der Waals surface area contributed by atoms with Crippen LogP contribution in [-0.2, 0) is 0 Å². The van der Waals surface area contributed by atoms with Crippen LogP contribution in [0.15, 0.2) is 91.0 Å². The van der Waals surface area contributed by atoms with Crippen LogP contribution in [0.1, 0.15) is 12.8 Å². The lowest BCUT2D eigenvalue weighted by atomic mass is 10.3. The van der Waals surface area contributed by atoms with Crippen LogP contribution in [0.5, 0.6) is 0 Å². The predicted molar refractivity (Wildman–Crippen MR) is 128 cm³/mol. The van der Waals surface area contributed by atoms with E-state index in [4.69, 9.17) is 11.6 Å². The Morgan fingerprint density at radius 3 is 1.61 bits per heavy atom. The van der Waals surface area contributed by atoms with Gasteiger partial charge in [0.2, 0.25) is 0 Å². The van der Waals surface area contributed by atoms with E-state index in [1.807, 2.05) is 0 Å². The van der Waals surface area contributed by atoms with E-state index in [0.717, 1.165) is 6.04 Å². The summed E-state index contributed by atoms with van der Waals surface area (Å²) in [4.78, 5) is 0. The first-order valence-corrected chi connectivity index (χ1v) is 14.6. The van der Waals surface area contributed by atoms with Gasteiger partial charge in [-0.2, -0.15) is 0 Å². The third-order valence-electron chi connectivity index (χ3n) is 6.06. The molecule has 1 heterocycles. The molecule has 1 aliphatic heterocycles. The molecule has 0 bridgehead atoms. The van der Waals surface area contributed by atoms with Gasteiger partial charge in [-0.15, -0.1) is 11.6 Å². The highest BCUT2D eigenvalue weighted by Crippen LogP contribution is 2.23. The maximum atomic E-state index is 7.19. The van der Waals surface area contributed by atoms with Crippen LogP contribution >= 0.6 is 11.6 Å². The zero-order valence-corrected chi connectivity index (χ0v) is 19.5. The highest BCUT2D eigenvalue weighted by Gasteiger charge is 2.42. The molecule has 1 nitrogen and oxygen atoms in total. The van der Waals surface area contributed by atoms with Crippen LogP contribution in [0.4, 0.5) is 0 Å². The van der Waals surface area contributed by atoms with Crippen molar-refractivity contribution in [3.05, 3.63) is 91.0 Å². The summed E-state index contributed by atoms with van der Waals surface area (Å²) in [5.41, 5.74) is 0.124. The lowest BCUT2D eigenvalue weighted by Crippen LogP contribution is -2.68. The minimum absolute atomic E-state index is 0.124. The van der Waals surface area contributed by atoms with Crippen molar-refractivity contribution in [2.75, 3.05) is 6.54 Å². The van der Waals surface area contributed by atoms with Gasteiger partial charge in [-0.1, -0.05) is 97.4 Å². The SMILES string of the molecule is ClC(C[Si](c1ccccc1)(c1ccccc1)c1ccccc1)N1CCCC[SiH2]1. The molecule has 1 atom stereocenters. The Hall–Kier alpha value is -1.66. The van der Waals surface area contributed by atoms with E-state index in [0.29, 0.717) is 0 Å². The average Bonchev–Trinajstić information content (AvgIpc) is 2.80. The fourth-order valence-corrected chi connectivity index (χ4v) is 12.5. The van der Waals surface area contributed by atoms with Crippen molar-refractivity contribution in [2.45, 2.75) is 30.4 Å². The van der Waals surface area contributed by atoms with Crippen molar-refractivity contribution in [3.8, 4) is 0 Å².